The van der Waals surface area contributed by atoms with Crippen LogP contribution in [0.15, 0.2) is 59.6 Å². The van der Waals surface area contributed by atoms with Crippen LogP contribution in [0.2, 0.25) is 0 Å². The van der Waals surface area contributed by atoms with Crippen molar-refractivity contribution >= 4 is 17.6 Å². The van der Waals surface area contributed by atoms with E-state index < -0.39 is 0 Å². The van der Waals surface area contributed by atoms with Crippen LogP contribution in [0.3, 0.4) is 0 Å². The third-order valence-corrected chi connectivity index (χ3v) is 6.03. The summed E-state index contributed by atoms with van der Waals surface area (Å²) in [5, 5.41) is 2.99. The van der Waals surface area contributed by atoms with Crippen molar-refractivity contribution in [2.75, 3.05) is 26.2 Å². The number of amides is 1. The van der Waals surface area contributed by atoms with Crippen LogP contribution in [0.1, 0.15) is 42.5 Å². The summed E-state index contributed by atoms with van der Waals surface area (Å²) in [7, 11) is 0. The maximum atomic E-state index is 13.3. The highest BCUT2D eigenvalue weighted by Crippen LogP contribution is 2.23. The molecule has 6 heteroatoms. The number of hydrogen-bond acceptors (Lipinski definition) is 3. The molecule has 0 unspecified atom stereocenters. The zero-order valence-corrected chi connectivity index (χ0v) is 17.3. The third kappa shape index (κ3) is 5.25. The van der Waals surface area contributed by atoms with Crippen molar-refractivity contribution in [1.82, 2.24) is 15.1 Å². The van der Waals surface area contributed by atoms with Crippen LogP contribution < -0.4 is 5.32 Å². The Kier molecular flexibility index (Phi) is 6.74. The van der Waals surface area contributed by atoms with Gasteiger partial charge in [-0.05, 0) is 49.2 Å². The first kappa shape index (κ1) is 20.5. The van der Waals surface area contributed by atoms with Crippen molar-refractivity contribution in [2.45, 2.75) is 38.1 Å². The molecule has 2 aromatic carbocycles. The van der Waals surface area contributed by atoms with Crippen LogP contribution >= 0.6 is 0 Å². The fraction of sp³-hybridized carbons (Fsp3) is 0.417. The van der Waals surface area contributed by atoms with Gasteiger partial charge in [-0.2, -0.15) is 0 Å². The van der Waals surface area contributed by atoms with Crippen LogP contribution in [-0.4, -0.2) is 53.9 Å². The van der Waals surface area contributed by atoms with Gasteiger partial charge in [0.1, 0.15) is 5.82 Å². The molecule has 0 bridgehead atoms. The lowest BCUT2D eigenvalue weighted by Gasteiger charge is -2.41. The minimum absolute atomic E-state index is 0.189. The van der Waals surface area contributed by atoms with E-state index in [4.69, 9.17) is 0 Å². The molecule has 1 heterocycles. The molecule has 0 spiro atoms. The van der Waals surface area contributed by atoms with Gasteiger partial charge in [0, 0.05) is 37.8 Å². The van der Waals surface area contributed by atoms with Crippen molar-refractivity contribution in [3.63, 3.8) is 0 Å². The van der Waals surface area contributed by atoms with E-state index in [-0.39, 0.29) is 11.7 Å². The van der Waals surface area contributed by atoms with E-state index in [1.165, 1.54) is 44.2 Å². The number of rotatable bonds is 3. The van der Waals surface area contributed by atoms with Gasteiger partial charge in [-0.3, -0.25) is 15.0 Å². The fourth-order valence-electron chi connectivity index (χ4n) is 4.32. The van der Waals surface area contributed by atoms with Gasteiger partial charge < -0.3 is 4.90 Å². The first-order chi connectivity index (χ1) is 14.7. The molecule has 0 atom stereocenters. The summed E-state index contributed by atoms with van der Waals surface area (Å²) in [6, 6.07) is 15.9. The maximum Gasteiger partial charge on any atom is 0.257 e. The van der Waals surface area contributed by atoms with Gasteiger partial charge in [0.2, 0.25) is 5.96 Å². The van der Waals surface area contributed by atoms with Gasteiger partial charge in [-0.1, -0.05) is 37.5 Å². The Hall–Kier alpha value is -2.73. The van der Waals surface area contributed by atoms with Gasteiger partial charge in [0.05, 0.1) is 5.69 Å². The highest BCUT2D eigenvalue weighted by atomic mass is 19.1. The Bertz CT molecular complexity index is 855. The van der Waals surface area contributed by atoms with E-state index in [0.29, 0.717) is 23.3 Å². The lowest BCUT2D eigenvalue weighted by atomic mass is 9.94. The van der Waals surface area contributed by atoms with E-state index in [9.17, 15) is 9.18 Å². The second-order valence-corrected chi connectivity index (χ2v) is 8.05. The van der Waals surface area contributed by atoms with Crippen molar-refractivity contribution in [1.29, 1.82) is 0 Å². The first-order valence-electron chi connectivity index (χ1n) is 10.9. The summed E-state index contributed by atoms with van der Waals surface area (Å²) >= 11 is 0. The highest BCUT2D eigenvalue weighted by Gasteiger charge is 2.27. The predicted molar refractivity (Wildman–Crippen MR) is 117 cm³/mol. The predicted octanol–water partition coefficient (Wildman–Crippen LogP) is 4.19. The number of carbonyl (C=O) groups excluding carboxylic acids is 1. The lowest BCUT2D eigenvalue weighted by molar-refractivity contribution is 0.0943. The highest BCUT2D eigenvalue weighted by molar-refractivity contribution is 6.06. The summed E-state index contributed by atoms with van der Waals surface area (Å²) in [4.78, 5) is 22.1. The number of nitrogens with one attached hydrogen (secondary N) is 1. The van der Waals surface area contributed by atoms with E-state index in [0.717, 1.165) is 26.2 Å². The number of carbonyl (C=O) groups is 1. The largest absolute Gasteiger partial charge is 0.340 e. The Morgan fingerprint density at radius 2 is 1.57 bits per heavy atom. The molecule has 2 aromatic rings. The summed E-state index contributed by atoms with van der Waals surface area (Å²) in [6.45, 7) is 3.56. The number of hydrogen-bond donors (Lipinski definition) is 1. The smallest absolute Gasteiger partial charge is 0.257 e. The third-order valence-electron chi connectivity index (χ3n) is 6.03. The molecule has 1 aliphatic heterocycles. The van der Waals surface area contributed by atoms with Gasteiger partial charge in [-0.15, -0.1) is 0 Å². The molecule has 158 valence electrons. The van der Waals surface area contributed by atoms with Crippen molar-refractivity contribution in [3.05, 3.63) is 66.0 Å². The minimum atomic E-state index is -0.301. The van der Waals surface area contributed by atoms with Crippen molar-refractivity contribution < 1.29 is 9.18 Å². The monoisotopic (exact) mass is 408 g/mol. The standard InChI is InChI=1S/C24H29FN4O/c25-20-11-13-21(14-12-20)26-24(27-23(30)19-7-3-1-4-8-19)29-17-15-28(16-18-29)22-9-5-2-6-10-22/h1,3-4,7-8,11-14,22H,2,5-6,9-10,15-18H2,(H,26,27,30). The summed E-state index contributed by atoms with van der Waals surface area (Å²) < 4.78 is 13.3. The SMILES string of the molecule is O=C(NC(=Nc1ccc(F)cc1)N1CCN(C2CCCCC2)CC1)c1ccccc1. The molecule has 0 aromatic heterocycles. The first-order valence-corrected chi connectivity index (χ1v) is 10.9. The number of guanidine groups is 1. The average Bonchev–Trinajstić information content (AvgIpc) is 2.81. The van der Waals surface area contributed by atoms with Gasteiger partial charge in [0.25, 0.3) is 5.91 Å². The molecule has 0 radical (unpaired) electrons. The van der Waals surface area contributed by atoms with Gasteiger partial charge in [0.15, 0.2) is 0 Å². The quantitative estimate of drug-likeness (QED) is 0.612. The zero-order chi connectivity index (χ0) is 20.8. The van der Waals surface area contributed by atoms with E-state index in [2.05, 4.69) is 20.1 Å². The maximum absolute atomic E-state index is 13.3. The molecule has 2 aliphatic rings. The fourth-order valence-corrected chi connectivity index (χ4v) is 4.32. The molecule has 1 amide bonds. The Balaban J connectivity index is 1.48. The summed E-state index contributed by atoms with van der Waals surface area (Å²) in [6.07, 6.45) is 6.60. The molecule has 1 N–H and O–H groups in total. The van der Waals surface area contributed by atoms with Gasteiger partial charge in [-0.25, -0.2) is 9.38 Å². The number of halogens is 1. The molecule has 2 fully saturated rings. The summed E-state index contributed by atoms with van der Waals surface area (Å²) in [5.41, 5.74) is 1.21. The van der Waals surface area contributed by atoms with E-state index in [1.54, 1.807) is 24.3 Å². The van der Waals surface area contributed by atoms with Crippen LogP contribution in [0.4, 0.5) is 10.1 Å². The van der Waals surface area contributed by atoms with E-state index >= 15 is 0 Å². The normalized spacial score (nSPS) is 19.0. The number of piperazine rings is 1. The Morgan fingerprint density at radius 1 is 0.900 bits per heavy atom. The number of aliphatic imine (C=N–C) groups is 1. The molecule has 4 rings (SSSR count). The molecule has 5 nitrogen and oxygen atoms in total. The average molecular weight is 409 g/mol. The van der Waals surface area contributed by atoms with E-state index in [1.807, 2.05) is 18.2 Å². The van der Waals surface area contributed by atoms with Crippen molar-refractivity contribution in [2.24, 2.45) is 4.99 Å². The van der Waals surface area contributed by atoms with Crippen LogP contribution in [0.25, 0.3) is 0 Å². The number of nitrogens with zero attached hydrogens (tertiary/aromatic N) is 3. The van der Waals surface area contributed by atoms with Crippen LogP contribution in [0.5, 0.6) is 0 Å². The number of benzene rings is 2. The molecule has 30 heavy (non-hydrogen) atoms. The topological polar surface area (TPSA) is 47.9 Å². The van der Waals surface area contributed by atoms with Crippen LogP contribution in [-0.2, 0) is 0 Å². The molecular formula is C24H29FN4O. The lowest BCUT2D eigenvalue weighted by Crippen LogP contribution is -2.55. The Morgan fingerprint density at radius 3 is 2.23 bits per heavy atom. The molecule has 1 saturated carbocycles. The summed E-state index contributed by atoms with van der Waals surface area (Å²) in [5.74, 6) is 0.0369. The Labute approximate surface area is 177 Å². The second kappa shape index (κ2) is 9.85. The molecular weight excluding hydrogens is 379 g/mol. The van der Waals surface area contributed by atoms with Crippen molar-refractivity contribution in [3.8, 4) is 0 Å². The second-order valence-electron chi connectivity index (χ2n) is 8.05. The zero-order valence-electron chi connectivity index (χ0n) is 17.3. The minimum Gasteiger partial charge on any atom is -0.340 e. The molecule has 1 aliphatic carbocycles. The van der Waals surface area contributed by atoms with Crippen LogP contribution in [0, 0.1) is 5.82 Å². The van der Waals surface area contributed by atoms with Gasteiger partial charge >= 0.3 is 0 Å². The molecule has 1 saturated heterocycles.